The van der Waals surface area contributed by atoms with Crippen molar-refractivity contribution in [3.8, 4) is 17.4 Å². The molecule has 30 heavy (non-hydrogen) atoms. The highest BCUT2D eigenvalue weighted by molar-refractivity contribution is 7.19. The van der Waals surface area contributed by atoms with Crippen LogP contribution in [0.3, 0.4) is 0 Å². The summed E-state index contributed by atoms with van der Waals surface area (Å²) in [6.45, 7) is 0.914. The van der Waals surface area contributed by atoms with Crippen LogP contribution in [0.15, 0.2) is 42.7 Å². The lowest BCUT2D eigenvalue weighted by Gasteiger charge is -2.26. The molecule has 0 fully saturated rings. The predicted octanol–water partition coefficient (Wildman–Crippen LogP) is 4.49. The molecule has 0 bridgehead atoms. The van der Waals surface area contributed by atoms with Crippen molar-refractivity contribution in [3.63, 3.8) is 0 Å². The molecule has 0 spiro atoms. The quantitative estimate of drug-likeness (QED) is 0.529. The van der Waals surface area contributed by atoms with E-state index in [1.54, 1.807) is 22.2 Å². The molecule has 1 unspecified atom stereocenters. The van der Waals surface area contributed by atoms with E-state index in [2.05, 4.69) is 22.6 Å². The highest BCUT2D eigenvalue weighted by atomic mass is 32.1. The fourth-order valence-electron chi connectivity index (χ4n) is 4.57. The van der Waals surface area contributed by atoms with Crippen LogP contribution in [0.25, 0.3) is 21.7 Å². The van der Waals surface area contributed by atoms with Gasteiger partial charge >= 0.3 is 0 Å². The molecule has 1 N–H and O–H groups in total. The van der Waals surface area contributed by atoms with Gasteiger partial charge in [-0.05, 0) is 42.2 Å². The van der Waals surface area contributed by atoms with Crippen molar-refractivity contribution in [3.05, 3.63) is 58.7 Å². The minimum absolute atomic E-state index is 0.281. The minimum atomic E-state index is 0.281. The fourth-order valence-corrected chi connectivity index (χ4v) is 5.91. The molecule has 3 aliphatic rings. The van der Waals surface area contributed by atoms with E-state index in [4.69, 9.17) is 19.4 Å². The summed E-state index contributed by atoms with van der Waals surface area (Å²) in [5.74, 6) is 3.61. The summed E-state index contributed by atoms with van der Waals surface area (Å²) in [6.07, 6.45) is 8.37. The van der Waals surface area contributed by atoms with E-state index in [-0.39, 0.29) is 6.79 Å². The maximum absolute atomic E-state index is 5.52. The smallest absolute Gasteiger partial charge is 0.253 e. The number of aromatic nitrogens is 4. The molecule has 0 saturated heterocycles. The molecule has 0 saturated carbocycles. The summed E-state index contributed by atoms with van der Waals surface area (Å²) in [5, 5.41) is 9.01. The Balaban J connectivity index is 1.32. The standard InChI is InChI=1S/C22H17N5O2S/c1-3-13-14(4-1)19-17(13)18-20(23-10-12-5-6-15-16(9-12)29-11-28-15)25-22(26-21(18)30-19)27-8-2-7-24-27/h2-3,5-9,14H,1,4,10-11H2,(H,23,25,26). The molecule has 2 aliphatic carbocycles. The van der Waals surface area contributed by atoms with Crippen LogP contribution in [0.2, 0.25) is 0 Å². The highest BCUT2D eigenvalue weighted by Gasteiger charge is 2.39. The number of benzene rings is 1. The minimum Gasteiger partial charge on any atom is -0.454 e. The monoisotopic (exact) mass is 415 g/mol. The van der Waals surface area contributed by atoms with Gasteiger partial charge in [0.15, 0.2) is 11.5 Å². The maximum atomic E-state index is 5.52. The molecule has 4 aromatic rings. The molecule has 1 atom stereocenters. The zero-order chi connectivity index (χ0) is 19.7. The largest absolute Gasteiger partial charge is 0.454 e. The van der Waals surface area contributed by atoms with Gasteiger partial charge in [0.25, 0.3) is 5.95 Å². The number of anilines is 1. The number of nitrogens with zero attached hydrogens (tertiary/aromatic N) is 4. The van der Waals surface area contributed by atoms with Crippen LogP contribution in [0.1, 0.15) is 34.8 Å². The Labute approximate surface area is 176 Å². The molecule has 0 radical (unpaired) electrons. The summed E-state index contributed by atoms with van der Waals surface area (Å²) >= 11 is 1.80. The summed E-state index contributed by atoms with van der Waals surface area (Å²) < 4.78 is 12.6. The second-order valence-electron chi connectivity index (χ2n) is 7.67. The van der Waals surface area contributed by atoms with E-state index in [1.165, 1.54) is 22.4 Å². The van der Waals surface area contributed by atoms with Crippen LogP contribution in [0.4, 0.5) is 5.82 Å². The zero-order valence-electron chi connectivity index (χ0n) is 16.0. The third kappa shape index (κ3) is 2.28. The number of thiophene rings is 1. The van der Waals surface area contributed by atoms with Gasteiger partial charge in [-0.3, -0.25) is 0 Å². The van der Waals surface area contributed by atoms with Crippen LogP contribution in [-0.2, 0) is 6.54 Å². The van der Waals surface area contributed by atoms with Crippen molar-refractivity contribution in [1.29, 1.82) is 0 Å². The van der Waals surface area contributed by atoms with Crippen LogP contribution in [-0.4, -0.2) is 26.5 Å². The Morgan fingerprint density at radius 1 is 1.20 bits per heavy atom. The average molecular weight is 415 g/mol. The second kappa shape index (κ2) is 6.06. The van der Waals surface area contributed by atoms with Crippen molar-refractivity contribution in [2.45, 2.75) is 25.3 Å². The van der Waals surface area contributed by atoms with Gasteiger partial charge in [0, 0.05) is 35.3 Å². The number of nitrogens with one attached hydrogen (secondary N) is 1. The van der Waals surface area contributed by atoms with Crippen molar-refractivity contribution < 1.29 is 9.47 Å². The molecule has 1 aromatic carbocycles. The fraction of sp³-hybridized carbons (Fsp3) is 0.227. The van der Waals surface area contributed by atoms with E-state index in [1.807, 2.05) is 24.4 Å². The first-order chi connectivity index (χ1) is 14.8. The van der Waals surface area contributed by atoms with Crippen molar-refractivity contribution in [2.75, 3.05) is 12.1 Å². The van der Waals surface area contributed by atoms with Crippen LogP contribution in [0, 0.1) is 0 Å². The zero-order valence-corrected chi connectivity index (χ0v) is 16.8. The molecular weight excluding hydrogens is 398 g/mol. The number of ether oxygens (including phenoxy) is 2. The SMILES string of the molecule is C1=C2c3c(sc4nc(-n5cccn5)nc(NCc5ccc6c(c5)OCO6)c34)C2CC1. The lowest BCUT2D eigenvalue weighted by atomic mass is 9.80. The Bertz CT molecular complexity index is 1340. The topological polar surface area (TPSA) is 74.1 Å². The average Bonchev–Trinajstić information content (AvgIpc) is 3.54. The van der Waals surface area contributed by atoms with Gasteiger partial charge in [-0.15, -0.1) is 11.3 Å². The first kappa shape index (κ1) is 16.4. The number of hydrogen-bond donors (Lipinski definition) is 1. The van der Waals surface area contributed by atoms with E-state index in [0.29, 0.717) is 18.4 Å². The Morgan fingerprint density at radius 3 is 3.10 bits per heavy atom. The number of hydrogen-bond acceptors (Lipinski definition) is 7. The lowest BCUT2D eigenvalue weighted by Crippen LogP contribution is -2.11. The third-order valence-corrected chi connectivity index (χ3v) is 7.17. The maximum Gasteiger partial charge on any atom is 0.253 e. The normalized spacial score (nSPS) is 18.1. The van der Waals surface area contributed by atoms with E-state index in [0.717, 1.165) is 39.5 Å². The Morgan fingerprint density at radius 2 is 2.17 bits per heavy atom. The van der Waals surface area contributed by atoms with E-state index in [9.17, 15) is 0 Å². The van der Waals surface area contributed by atoms with Gasteiger partial charge in [0.2, 0.25) is 6.79 Å². The molecule has 148 valence electrons. The number of allylic oxidation sites excluding steroid dienone is 2. The van der Waals surface area contributed by atoms with Gasteiger partial charge in [0.1, 0.15) is 10.6 Å². The lowest BCUT2D eigenvalue weighted by molar-refractivity contribution is 0.174. The first-order valence-electron chi connectivity index (χ1n) is 10.0. The van der Waals surface area contributed by atoms with Crippen molar-refractivity contribution >= 4 is 32.9 Å². The van der Waals surface area contributed by atoms with Gasteiger partial charge in [-0.1, -0.05) is 12.1 Å². The first-order valence-corrected chi connectivity index (χ1v) is 10.8. The molecule has 4 heterocycles. The van der Waals surface area contributed by atoms with E-state index >= 15 is 0 Å². The Hall–Kier alpha value is -3.39. The molecule has 3 aromatic heterocycles. The molecule has 1 aliphatic heterocycles. The van der Waals surface area contributed by atoms with Crippen molar-refractivity contribution in [1.82, 2.24) is 19.7 Å². The van der Waals surface area contributed by atoms with Gasteiger partial charge in [-0.2, -0.15) is 15.1 Å². The predicted molar refractivity (Wildman–Crippen MR) is 114 cm³/mol. The van der Waals surface area contributed by atoms with Gasteiger partial charge in [0.05, 0.1) is 5.39 Å². The number of fused-ring (bicyclic) bond motifs is 7. The summed E-state index contributed by atoms with van der Waals surface area (Å²) in [5.41, 5.74) is 3.93. The van der Waals surface area contributed by atoms with E-state index < -0.39 is 0 Å². The number of rotatable bonds is 4. The molecule has 0 amide bonds. The highest BCUT2D eigenvalue weighted by Crippen LogP contribution is 2.59. The van der Waals surface area contributed by atoms with Crippen molar-refractivity contribution in [2.24, 2.45) is 0 Å². The summed E-state index contributed by atoms with van der Waals surface area (Å²) in [7, 11) is 0. The molecule has 7 nitrogen and oxygen atoms in total. The molecule has 8 heteroatoms. The molecular formula is C22H17N5O2S. The van der Waals surface area contributed by atoms with Gasteiger partial charge < -0.3 is 14.8 Å². The van der Waals surface area contributed by atoms with Gasteiger partial charge in [-0.25, -0.2) is 4.68 Å². The molecule has 7 rings (SSSR count). The van der Waals surface area contributed by atoms with Crippen LogP contribution >= 0.6 is 11.3 Å². The summed E-state index contributed by atoms with van der Waals surface area (Å²) in [6, 6.07) is 7.90. The summed E-state index contributed by atoms with van der Waals surface area (Å²) in [4.78, 5) is 12.2. The second-order valence-corrected chi connectivity index (χ2v) is 8.71. The van der Waals surface area contributed by atoms with Crippen LogP contribution in [0.5, 0.6) is 11.5 Å². The third-order valence-electron chi connectivity index (χ3n) is 5.97. The van der Waals surface area contributed by atoms with Crippen LogP contribution < -0.4 is 14.8 Å². The Kier molecular flexibility index (Phi) is 3.31.